The van der Waals surface area contributed by atoms with Gasteiger partial charge >= 0.3 is 0 Å². The van der Waals surface area contributed by atoms with Gasteiger partial charge in [0.25, 0.3) is 11.4 Å². The molecule has 8 heteroatoms. The van der Waals surface area contributed by atoms with E-state index in [9.17, 15) is 20.2 Å². The Morgan fingerprint density at radius 1 is 0.714 bits per heavy atom. The third-order valence-electron chi connectivity index (χ3n) is 4.21. The van der Waals surface area contributed by atoms with Crippen molar-refractivity contribution < 1.29 is 9.85 Å². The lowest BCUT2D eigenvalue weighted by atomic mass is 10.1. The molecular weight excluding hydrogens is 360 g/mol. The average Bonchev–Trinajstić information content (AvgIpc) is 2.72. The molecule has 0 aliphatic carbocycles. The van der Waals surface area contributed by atoms with Gasteiger partial charge in [0, 0.05) is 42.2 Å². The zero-order valence-electron chi connectivity index (χ0n) is 14.8. The van der Waals surface area contributed by atoms with E-state index in [1.165, 1.54) is 24.3 Å². The molecule has 0 bridgehead atoms. The summed E-state index contributed by atoms with van der Waals surface area (Å²) in [5.74, 6) is 0. The molecule has 0 heterocycles. The Kier molecular flexibility index (Phi) is 5.81. The van der Waals surface area contributed by atoms with Crippen molar-refractivity contribution in [2.45, 2.75) is 6.04 Å². The molecule has 3 aromatic rings. The Balaban J connectivity index is 1.74. The van der Waals surface area contributed by atoms with Gasteiger partial charge in [-0.2, -0.15) is 0 Å². The summed E-state index contributed by atoms with van der Waals surface area (Å²) >= 11 is 0. The van der Waals surface area contributed by atoms with Gasteiger partial charge in [-0.1, -0.05) is 30.3 Å². The normalized spacial score (nSPS) is 11.4. The molecule has 0 amide bonds. The van der Waals surface area contributed by atoms with Crippen molar-refractivity contribution in [3.05, 3.63) is 105 Å². The zero-order valence-corrected chi connectivity index (χ0v) is 14.8. The van der Waals surface area contributed by atoms with Crippen LogP contribution >= 0.6 is 0 Å². The minimum atomic E-state index is -0.438. The van der Waals surface area contributed by atoms with Crippen molar-refractivity contribution in [1.82, 2.24) is 0 Å². The average molecular weight is 378 g/mol. The number of anilines is 2. The first-order valence-electron chi connectivity index (χ1n) is 8.57. The highest BCUT2D eigenvalue weighted by molar-refractivity contribution is 5.52. The smallest absolute Gasteiger partial charge is 0.269 e. The van der Waals surface area contributed by atoms with Gasteiger partial charge in [0.05, 0.1) is 15.9 Å². The van der Waals surface area contributed by atoms with E-state index >= 15 is 0 Å². The van der Waals surface area contributed by atoms with Gasteiger partial charge in [0.1, 0.15) is 0 Å². The first-order valence-corrected chi connectivity index (χ1v) is 8.57. The highest BCUT2D eigenvalue weighted by atomic mass is 16.6. The zero-order chi connectivity index (χ0) is 19.9. The Hall–Kier alpha value is -3.94. The molecule has 3 rings (SSSR count). The van der Waals surface area contributed by atoms with Crippen molar-refractivity contribution in [3.8, 4) is 0 Å². The highest BCUT2D eigenvalue weighted by Crippen LogP contribution is 2.23. The molecule has 8 nitrogen and oxygen atoms in total. The van der Waals surface area contributed by atoms with Gasteiger partial charge in [0.2, 0.25) is 0 Å². The number of nitrogens with one attached hydrogen (secondary N) is 2. The fraction of sp³-hybridized carbons (Fsp3) is 0.100. The van der Waals surface area contributed by atoms with Gasteiger partial charge < -0.3 is 10.6 Å². The van der Waals surface area contributed by atoms with E-state index in [4.69, 9.17) is 0 Å². The molecule has 2 N–H and O–H groups in total. The van der Waals surface area contributed by atoms with Crippen LogP contribution in [0, 0.1) is 20.2 Å². The maximum atomic E-state index is 10.8. The second-order valence-electron chi connectivity index (χ2n) is 6.10. The predicted molar refractivity (Wildman–Crippen MR) is 107 cm³/mol. The Labute approximate surface area is 161 Å². The van der Waals surface area contributed by atoms with Crippen LogP contribution in [0.15, 0.2) is 78.9 Å². The fourth-order valence-corrected chi connectivity index (χ4v) is 2.74. The number of benzene rings is 3. The van der Waals surface area contributed by atoms with E-state index in [1.807, 2.05) is 30.3 Å². The fourth-order valence-electron chi connectivity index (χ4n) is 2.74. The molecule has 142 valence electrons. The summed E-state index contributed by atoms with van der Waals surface area (Å²) in [7, 11) is 0. The second-order valence-corrected chi connectivity index (χ2v) is 6.10. The minimum absolute atomic E-state index is 0.0332. The quantitative estimate of drug-likeness (QED) is 0.431. The van der Waals surface area contributed by atoms with Crippen LogP contribution < -0.4 is 10.6 Å². The van der Waals surface area contributed by atoms with Crippen LogP contribution in [0.25, 0.3) is 0 Å². The van der Waals surface area contributed by atoms with Gasteiger partial charge in [-0.3, -0.25) is 20.2 Å². The molecule has 1 unspecified atom stereocenters. The molecule has 0 aliphatic heterocycles. The maximum absolute atomic E-state index is 10.8. The van der Waals surface area contributed by atoms with Crippen molar-refractivity contribution >= 4 is 22.7 Å². The third kappa shape index (κ3) is 4.82. The highest BCUT2D eigenvalue weighted by Gasteiger charge is 2.13. The minimum Gasteiger partial charge on any atom is -0.383 e. The molecule has 0 aromatic heterocycles. The molecule has 1 atom stereocenters. The van der Waals surface area contributed by atoms with Crippen molar-refractivity contribution in [1.29, 1.82) is 0 Å². The Morgan fingerprint density at radius 3 is 1.71 bits per heavy atom. The summed E-state index contributed by atoms with van der Waals surface area (Å²) in [6.07, 6.45) is 0. The largest absolute Gasteiger partial charge is 0.383 e. The van der Waals surface area contributed by atoms with E-state index < -0.39 is 9.85 Å². The first kappa shape index (κ1) is 18.8. The lowest BCUT2D eigenvalue weighted by Gasteiger charge is -2.21. The number of non-ortho nitro benzene ring substituents is 2. The van der Waals surface area contributed by atoms with Gasteiger partial charge in [0.15, 0.2) is 0 Å². The standard InChI is InChI=1S/C20H18N4O4/c25-23(26)18-10-6-16(7-11-18)21-14-20(15-4-2-1-3-5-15)22-17-8-12-19(13-9-17)24(27)28/h1-13,20-22H,14H2. The summed E-state index contributed by atoms with van der Waals surface area (Å²) in [5, 5.41) is 28.2. The summed E-state index contributed by atoms with van der Waals surface area (Å²) in [6.45, 7) is 0.513. The number of nitro benzene ring substituents is 2. The summed E-state index contributed by atoms with van der Waals surface area (Å²) in [4.78, 5) is 20.7. The molecule has 0 spiro atoms. The summed E-state index contributed by atoms with van der Waals surface area (Å²) < 4.78 is 0. The van der Waals surface area contributed by atoms with Crippen LogP contribution in [0.2, 0.25) is 0 Å². The van der Waals surface area contributed by atoms with Gasteiger partial charge in [-0.15, -0.1) is 0 Å². The number of nitrogens with zero attached hydrogens (tertiary/aromatic N) is 2. The SMILES string of the molecule is O=[N+]([O-])c1ccc(NCC(Nc2ccc([N+](=O)[O-])cc2)c2ccccc2)cc1. The van der Waals surface area contributed by atoms with E-state index in [0.29, 0.717) is 6.54 Å². The molecule has 0 saturated carbocycles. The second kappa shape index (κ2) is 8.63. The van der Waals surface area contributed by atoms with E-state index in [0.717, 1.165) is 16.9 Å². The maximum Gasteiger partial charge on any atom is 0.269 e. The van der Waals surface area contributed by atoms with Crippen LogP contribution in [-0.4, -0.2) is 16.4 Å². The number of hydrogen-bond acceptors (Lipinski definition) is 6. The predicted octanol–water partition coefficient (Wildman–Crippen LogP) is 4.77. The van der Waals surface area contributed by atoms with Crippen LogP contribution in [-0.2, 0) is 0 Å². The van der Waals surface area contributed by atoms with Crippen LogP contribution in [0.4, 0.5) is 22.7 Å². The monoisotopic (exact) mass is 378 g/mol. The number of nitro groups is 2. The van der Waals surface area contributed by atoms with Gasteiger partial charge in [-0.05, 0) is 29.8 Å². The van der Waals surface area contributed by atoms with Crippen molar-refractivity contribution in [2.75, 3.05) is 17.2 Å². The summed E-state index contributed by atoms with van der Waals surface area (Å²) in [6, 6.07) is 22.1. The molecule has 0 aliphatic rings. The van der Waals surface area contributed by atoms with Crippen LogP contribution in [0.3, 0.4) is 0 Å². The first-order chi connectivity index (χ1) is 13.5. The molecule has 0 radical (unpaired) electrons. The number of rotatable bonds is 8. The molecule has 0 fully saturated rings. The molecular formula is C20H18N4O4. The number of hydrogen-bond donors (Lipinski definition) is 2. The molecule has 28 heavy (non-hydrogen) atoms. The Bertz CT molecular complexity index is 944. The van der Waals surface area contributed by atoms with E-state index in [1.54, 1.807) is 24.3 Å². The van der Waals surface area contributed by atoms with Crippen molar-refractivity contribution in [2.24, 2.45) is 0 Å². The molecule has 3 aromatic carbocycles. The molecule has 0 saturated heterocycles. The van der Waals surface area contributed by atoms with Crippen LogP contribution in [0.5, 0.6) is 0 Å². The van der Waals surface area contributed by atoms with E-state index in [2.05, 4.69) is 10.6 Å². The summed E-state index contributed by atoms with van der Waals surface area (Å²) in [5.41, 5.74) is 2.62. The van der Waals surface area contributed by atoms with Crippen LogP contribution in [0.1, 0.15) is 11.6 Å². The third-order valence-corrected chi connectivity index (χ3v) is 4.21. The van der Waals surface area contributed by atoms with E-state index in [-0.39, 0.29) is 17.4 Å². The lowest BCUT2D eigenvalue weighted by molar-refractivity contribution is -0.385. The lowest BCUT2D eigenvalue weighted by Crippen LogP contribution is -2.20. The van der Waals surface area contributed by atoms with Gasteiger partial charge in [-0.25, -0.2) is 0 Å². The topological polar surface area (TPSA) is 110 Å². The Morgan fingerprint density at radius 2 is 1.21 bits per heavy atom. The van der Waals surface area contributed by atoms with Crippen molar-refractivity contribution in [3.63, 3.8) is 0 Å².